The van der Waals surface area contributed by atoms with E-state index in [4.69, 9.17) is 56.4 Å². The number of aliphatic imine (C=N–C) groups is 1. The minimum Gasteiger partial charge on any atom is -0.507 e. The van der Waals surface area contributed by atoms with Gasteiger partial charge in [-0.25, -0.2) is 9.69 Å². The number of phenolic OH excluding ortho intramolecular Hbond substituents is 2. The second-order valence-electron chi connectivity index (χ2n) is 26.2. The molecule has 8 aromatic rings. The van der Waals surface area contributed by atoms with Crippen molar-refractivity contribution in [1.82, 2.24) is 9.80 Å². The molecule has 8 aromatic carbocycles. The number of hydrogen-bond acceptors (Lipinski definition) is 15. The molecular formula is C79H78Cl2N6O14. The first-order chi connectivity index (χ1) is 49.3. The van der Waals surface area contributed by atoms with E-state index < -0.39 is 24.7 Å². The molecule has 7 aliphatic rings. The zero-order valence-corrected chi connectivity index (χ0v) is 57.7. The Hall–Kier alpha value is -9.86. The molecule has 1 fully saturated rings. The van der Waals surface area contributed by atoms with Crippen LogP contribution < -0.4 is 33.6 Å². The Morgan fingerprint density at radius 2 is 1.15 bits per heavy atom. The molecule has 0 radical (unpaired) electrons. The average Bonchev–Trinajstić information content (AvgIpc) is 1.63. The van der Waals surface area contributed by atoms with Gasteiger partial charge in [0.15, 0.2) is 35.5 Å². The predicted octanol–water partition coefficient (Wildman–Crippen LogP) is 14.0. The second-order valence-corrected chi connectivity index (χ2v) is 26.8. The number of phenols is 2. The Balaban J connectivity index is 0.000000177. The Morgan fingerprint density at radius 3 is 1.70 bits per heavy atom. The van der Waals surface area contributed by atoms with Gasteiger partial charge in [-0.15, -0.1) is 23.2 Å². The normalized spacial score (nSPS) is 20.0. The standard InChI is InChI=1S/C44H46ClN3O9.C35H32ClN3O5/c1-3-17-56-44(52)48-33-23-38(54-19-10-15-39(50)46-26-29(24-45)41-31-14-7-6-13-30(31)36(49)22-34(41)46)37(53-2)21-32(33)42(51)47-25-28-12-5-4-11-27(28)20-35(47)43(48)57-40-16-8-9-18-55-40;1-43-31-14-27-28(37-18-24-13-21-7-2-3-8-22(21)19-38(24)35(27)42)15-32(31)44-12-6-11-33(41)39-20-23(17-36)34-26-10-5-4-9-25(26)30(40)16-29(34)39/h3-7,11-14,21-23,29,35,40,43,49H,1,8-10,15-20,24-26H2,2H3;2-5,7-10,14-16,18,23-24,40H,6,11-13,17,19-20H2,1H3/t29-,35+,40?,43?;23-,24+/m11/s1. The summed E-state index contributed by atoms with van der Waals surface area (Å²) in [6, 6.07) is 40.6. The molecule has 7 aliphatic heterocycles. The lowest BCUT2D eigenvalue weighted by atomic mass is 9.92. The molecule has 0 saturated carbocycles. The Morgan fingerprint density at radius 1 is 0.624 bits per heavy atom. The average molecular weight is 1410 g/mol. The van der Waals surface area contributed by atoms with Crippen LogP contribution in [-0.2, 0) is 49.7 Å². The zero-order valence-electron chi connectivity index (χ0n) is 56.2. The number of ether oxygens (including phenoxy) is 7. The van der Waals surface area contributed by atoms with Crippen molar-refractivity contribution in [3.63, 3.8) is 0 Å². The van der Waals surface area contributed by atoms with Gasteiger partial charge in [0.1, 0.15) is 18.1 Å². The van der Waals surface area contributed by atoms with Gasteiger partial charge in [0.25, 0.3) is 11.8 Å². The Labute approximate surface area is 595 Å². The summed E-state index contributed by atoms with van der Waals surface area (Å²) in [5, 5.41) is 24.8. The van der Waals surface area contributed by atoms with Gasteiger partial charge in [-0.1, -0.05) is 110 Å². The monoisotopic (exact) mass is 1400 g/mol. The number of carbonyl (C=O) groups is 5. The van der Waals surface area contributed by atoms with Crippen molar-refractivity contribution in [3.05, 3.63) is 191 Å². The van der Waals surface area contributed by atoms with Gasteiger partial charge in [0.2, 0.25) is 11.8 Å². The Bertz CT molecular complexity index is 4580. The summed E-state index contributed by atoms with van der Waals surface area (Å²) in [6.45, 7) is 6.31. The third-order valence-corrected chi connectivity index (χ3v) is 20.9. The molecule has 0 aliphatic carbocycles. The Kier molecular flexibility index (Phi) is 20.1. The molecule has 15 rings (SSSR count). The summed E-state index contributed by atoms with van der Waals surface area (Å²) in [5.74, 6) is 1.78. The molecule has 2 N–H and O–H groups in total. The summed E-state index contributed by atoms with van der Waals surface area (Å²) in [5.41, 5.74) is 9.28. The number of halogens is 2. The van der Waals surface area contributed by atoms with Gasteiger partial charge in [0, 0.05) is 110 Å². The molecule has 0 aromatic heterocycles. The number of aromatic hydroxyl groups is 2. The summed E-state index contributed by atoms with van der Waals surface area (Å²) in [7, 11) is 3.03. The molecule has 1 saturated heterocycles. The number of rotatable bonds is 18. The number of benzene rings is 8. The maximum absolute atomic E-state index is 14.6. The number of alkyl halides is 2. The van der Waals surface area contributed by atoms with Gasteiger partial charge in [-0.05, 0) is 101 Å². The van der Waals surface area contributed by atoms with E-state index in [1.807, 2.05) is 96.0 Å². The third-order valence-electron chi connectivity index (χ3n) is 20.2. The van der Waals surface area contributed by atoms with Crippen molar-refractivity contribution in [1.29, 1.82) is 0 Å². The largest absolute Gasteiger partial charge is 0.507 e. The van der Waals surface area contributed by atoms with Gasteiger partial charge in [-0.2, -0.15) is 0 Å². The summed E-state index contributed by atoms with van der Waals surface area (Å²) >= 11 is 12.7. The molecule has 22 heteroatoms. The van der Waals surface area contributed by atoms with E-state index in [0.717, 1.165) is 68.6 Å². The number of anilines is 3. The molecule has 20 nitrogen and oxygen atoms in total. The van der Waals surface area contributed by atoms with Crippen molar-refractivity contribution in [2.24, 2.45) is 4.99 Å². The highest BCUT2D eigenvalue weighted by molar-refractivity contribution is 6.19. The number of nitrogens with zero attached hydrogens (tertiary/aromatic N) is 6. The first-order valence-electron chi connectivity index (χ1n) is 34.3. The van der Waals surface area contributed by atoms with Crippen LogP contribution in [0.15, 0.2) is 151 Å². The van der Waals surface area contributed by atoms with E-state index in [1.165, 1.54) is 23.6 Å². The SMILES string of the molecule is C=CCOC(=O)N1c2cc(OCCCC(=O)N3C[C@@H](CCl)c4c3cc(O)c3ccccc43)c(OC)cc2C(=O)N2Cc3ccccc3C[C@H]2C1OC1CCCCO1.COc1cc2c(cc1OCCCC(=O)N1C[C@@H](CCl)c3c1cc(O)c1ccccc31)N=C[C@@H]1Cc3ccccc3CN1C2=O. The van der Waals surface area contributed by atoms with E-state index in [1.54, 1.807) is 58.2 Å². The molecule has 0 bridgehead atoms. The summed E-state index contributed by atoms with van der Waals surface area (Å²) in [4.78, 5) is 82.7. The smallest absolute Gasteiger partial charge is 0.416 e. The minimum absolute atomic E-state index is 0.0150. The summed E-state index contributed by atoms with van der Waals surface area (Å²) in [6.07, 6.45) is 5.87. The van der Waals surface area contributed by atoms with Crippen molar-refractivity contribution in [3.8, 4) is 34.5 Å². The summed E-state index contributed by atoms with van der Waals surface area (Å²) < 4.78 is 42.1. The van der Waals surface area contributed by atoms with Crippen molar-refractivity contribution >= 4 is 103 Å². The van der Waals surface area contributed by atoms with Gasteiger partial charge >= 0.3 is 6.09 Å². The number of carbonyl (C=O) groups excluding carboxylic acids is 5. The van der Waals surface area contributed by atoms with Crippen LogP contribution in [0.25, 0.3) is 21.5 Å². The molecule has 5 amide bonds. The van der Waals surface area contributed by atoms with Gasteiger partial charge in [0.05, 0.1) is 73.4 Å². The van der Waals surface area contributed by atoms with E-state index in [0.29, 0.717) is 104 Å². The number of methoxy groups -OCH3 is 2. The number of fused-ring (bicyclic) bond motifs is 12. The van der Waals surface area contributed by atoms with Crippen LogP contribution in [0, 0.1) is 0 Å². The predicted molar refractivity (Wildman–Crippen MR) is 387 cm³/mol. The molecule has 7 heterocycles. The highest BCUT2D eigenvalue weighted by Crippen LogP contribution is 2.49. The van der Waals surface area contributed by atoms with Crippen molar-refractivity contribution < 1.29 is 67.3 Å². The quantitative estimate of drug-likeness (QED) is 0.0464. The van der Waals surface area contributed by atoms with E-state index in [2.05, 4.69) is 23.7 Å². The fourth-order valence-corrected chi connectivity index (χ4v) is 15.7. The highest BCUT2D eigenvalue weighted by atomic mass is 35.5. The van der Waals surface area contributed by atoms with Crippen molar-refractivity contribution in [2.45, 2.75) is 107 Å². The fraction of sp³-hybridized carbons (Fsp3) is 0.342. The lowest BCUT2D eigenvalue weighted by molar-refractivity contribution is -0.197. The molecule has 6 atom stereocenters. The van der Waals surface area contributed by atoms with Crippen LogP contribution in [0.3, 0.4) is 0 Å². The first kappa shape index (κ1) is 68.3. The molecule has 0 spiro atoms. The first-order valence-corrected chi connectivity index (χ1v) is 35.4. The van der Waals surface area contributed by atoms with Crippen molar-refractivity contribution in [2.75, 3.05) is 80.2 Å². The van der Waals surface area contributed by atoms with Crippen LogP contribution in [-0.4, -0.2) is 146 Å². The lowest BCUT2D eigenvalue weighted by Gasteiger charge is -2.43. The minimum atomic E-state index is -0.973. The van der Waals surface area contributed by atoms with Crippen LogP contribution in [0.1, 0.15) is 111 Å². The lowest BCUT2D eigenvalue weighted by Crippen LogP contribution is -2.58. The van der Waals surface area contributed by atoms with Gasteiger partial charge in [-0.3, -0.25) is 24.2 Å². The number of amides is 5. The van der Waals surface area contributed by atoms with Gasteiger partial charge < -0.3 is 63.0 Å². The van der Waals surface area contributed by atoms with E-state index in [9.17, 15) is 34.2 Å². The molecular weight excluding hydrogens is 1330 g/mol. The molecule has 2 unspecified atom stereocenters. The molecule has 522 valence electrons. The van der Waals surface area contributed by atoms with Crippen LogP contribution >= 0.6 is 23.2 Å². The maximum Gasteiger partial charge on any atom is 0.416 e. The molecule has 101 heavy (non-hydrogen) atoms. The maximum atomic E-state index is 14.6. The second kappa shape index (κ2) is 29.8. The van der Waals surface area contributed by atoms with Crippen LogP contribution in [0.2, 0.25) is 0 Å². The van der Waals surface area contributed by atoms with E-state index >= 15 is 0 Å². The van der Waals surface area contributed by atoms with Crippen LogP contribution in [0.5, 0.6) is 34.5 Å². The number of hydrogen-bond donors (Lipinski definition) is 2. The fourth-order valence-electron chi connectivity index (χ4n) is 15.2. The van der Waals surface area contributed by atoms with E-state index in [-0.39, 0.29) is 108 Å². The zero-order chi connectivity index (χ0) is 70.0. The third kappa shape index (κ3) is 13.3. The highest BCUT2D eigenvalue weighted by Gasteiger charge is 2.48. The topological polar surface area (TPSA) is 219 Å². The van der Waals surface area contributed by atoms with Crippen LogP contribution in [0.4, 0.5) is 27.5 Å².